The predicted molar refractivity (Wildman–Crippen MR) is 116 cm³/mol. The minimum Gasteiger partial charge on any atom is -0.497 e. The summed E-state index contributed by atoms with van der Waals surface area (Å²) in [5.74, 6) is 1.38. The van der Waals surface area contributed by atoms with E-state index in [1.54, 1.807) is 25.1 Å². The first-order chi connectivity index (χ1) is 14.6. The van der Waals surface area contributed by atoms with Gasteiger partial charge in [-0.15, -0.1) is 0 Å². The Morgan fingerprint density at radius 1 is 1.20 bits per heavy atom. The van der Waals surface area contributed by atoms with Gasteiger partial charge in [-0.25, -0.2) is 0 Å². The van der Waals surface area contributed by atoms with Gasteiger partial charge in [0.05, 0.1) is 38.6 Å². The lowest BCUT2D eigenvalue weighted by Gasteiger charge is -2.30. The van der Waals surface area contributed by atoms with E-state index in [0.29, 0.717) is 6.54 Å². The molecule has 30 heavy (non-hydrogen) atoms. The van der Waals surface area contributed by atoms with E-state index in [9.17, 15) is 4.79 Å². The summed E-state index contributed by atoms with van der Waals surface area (Å²) in [4.78, 5) is 15.7. The Bertz CT molecular complexity index is 1040. The van der Waals surface area contributed by atoms with Crippen LogP contribution in [0, 0.1) is 0 Å². The minimum absolute atomic E-state index is 0.0834. The zero-order chi connectivity index (χ0) is 21.1. The van der Waals surface area contributed by atoms with Gasteiger partial charge < -0.3 is 14.4 Å². The van der Waals surface area contributed by atoms with Crippen LogP contribution < -0.4 is 14.4 Å². The van der Waals surface area contributed by atoms with Crippen LogP contribution in [-0.2, 0) is 24.8 Å². The Balaban J connectivity index is 1.73. The van der Waals surface area contributed by atoms with Gasteiger partial charge in [0, 0.05) is 18.8 Å². The summed E-state index contributed by atoms with van der Waals surface area (Å²) in [7, 11) is 5.13. The van der Waals surface area contributed by atoms with Crippen LogP contribution in [0.1, 0.15) is 35.4 Å². The summed E-state index contributed by atoms with van der Waals surface area (Å²) < 4.78 is 12.7. The summed E-state index contributed by atoms with van der Waals surface area (Å²) in [5.41, 5.74) is 4.07. The molecule has 156 valence electrons. The van der Waals surface area contributed by atoms with Crippen molar-refractivity contribution in [3.8, 4) is 11.5 Å². The zero-order valence-corrected chi connectivity index (χ0v) is 17.7. The van der Waals surface area contributed by atoms with E-state index < -0.39 is 0 Å². The highest BCUT2D eigenvalue weighted by Crippen LogP contribution is 2.35. The van der Waals surface area contributed by atoms with Crippen LogP contribution in [0.2, 0.25) is 0 Å². The number of aromatic nitrogens is 2. The molecule has 3 aromatic rings. The average molecular weight is 405 g/mol. The van der Waals surface area contributed by atoms with Crippen LogP contribution in [0.5, 0.6) is 11.5 Å². The third-order valence-corrected chi connectivity index (χ3v) is 5.75. The van der Waals surface area contributed by atoms with E-state index >= 15 is 0 Å². The van der Waals surface area contributed by atoms with Crippen LogP contribution >= 0.6 is 0 Å². The number of rotatable bonds is 6. The highest BCUT2D eigenvalue weighted by Gasteiger charge is 2.31. The Morgan fingerprint density at radius 3 is 2.77 bits per heavy atom. The van der Waals surface area contributed by atoms with Crippen molar-refractivity contribution in [3.05, 3.63) is 71.5 Å². The smallest absolute Gasteiger partial charge is 0.234 e. The monoisotopic (exact) mass is 405 g/mol. The first kappa shape index (κ1) is 20.0. The average Bonchev–Trinajstić information content (AvgIpc) is 3.22. The highest BCUT2D eigenvalue weighted by molar-refractivity contribution is 5.98. The van der Waals surface area contributed by atoms with Crippen LogP contribution in [-0.4, -0.2) is 29.9 Å². The molecule has 0 saturated carbocycles. The molecule has 0 radical (unpaired) electrons. The van der Waals surface area contributed by atoms with Gasteiger partial charge in [-0.2, -0.15) is 5.10 Å². The summed E-state index contributed by atoms with van der Waals surface area (Å²) >= 11 is 0. The number of carbonyl (C=O) groups excluding carboxylic acids is 1. The summed E-state index contributed by atoms with van der Waals surface area (Å²) in [6.07, 6.45) is 6.49. The topological polar surface area (TPSA) is 56.6 Å². The molecule has 0 saturated heterocycles. The summed E-state index contributed by atoms with van der Waals surface area (Å²) in [5, 5.41) is 4.29. The second-order valence-electron chi connectivity index (χ2n) is 7.62. The summed E-state index contributed by atoms with van der Waals surface area (Å²) in [6, 6.07) is 13.9. The largest absolute Gasteiger partial charge is 0.497 e. The number of ether oxygens (including phenoxy) is 2. The molecular weight excluding hydrogens is 378 g/mol. The fourth-order valence-corrected chi connectivity index (χ4v) is 4.22. The molecule has 0 aliphatic heterocycles. The van der Waals surface area contributed by atoms with Gasteiger partial charge in [0.2, 0.25) is 5.91 Å². The summed E-state index contributed by atoms with van der Waals surface area (Å²) in [6.45, 7) is 0.379. The molecule has 1 atom stereocenters. The van der Waals surface area contributed by atoms with Gasteiger partial charge in [-0.05, 0) is 48.6 Å². The standard InChI is InChI=1S/C24H27N3O3/c1-26-16-19(14-25-26)27(15-18-13-20(29-2)11-12-23(18)30-3)24(28)22-10-6-8-17-7-4-5-9-21(17)22/h4-5,7,9,11-14,16,22H,6,8,10,15H2,1-3H3/t22-/m0/s1. The maximum Gasteiger partial charge on any atom is 0.234 e. The van der Waals surface area contributed by atoms with Crippen LogP contribution in [0.4, 0.5) is 5.69 Å². The Morgan fingerprint density at radius 2 is 2.03 bits per heavy atom. The Labute approximate surface area is 177 Å². The molecule has 0 N–H and O–H groups in total. The van der Waals surface area contributed by atoms with Crippen LogP contribution in [0.15, 0.2) is 54.9 Å². The normalized spacial score (nSPS) is 15.4. The Hall–Kier alpha value is -3.28. The number of methoxy groups -OCH3 is 2. The third kappa shape index (κ3) is 3.90. The number of nitrogens with zero attached hydrogens (tertiary/aromatic N) is 3. The van der Waals surface area contributed by atoms with Crippen LogP contribution in [0.25, 0.3) is 0 Å². The molecule has 6 nitrogen and oxygen atoms in total. The van der Waals surface area contributed by atoms with Crippen molar-refractivity contribution in [3.63, 3.8) is 0 Å². The van der Waals surface area contributed by atoms with Gasteiger partial charge >= 0.3 is 0 Å². The maximum absolute atomic E-state index is 13.8. The SMILES string of the molecule is COc1ccc(OC)c(CN(C(=O)[C@H]2CCCc3ccccc32)c2cnn(C)c2)c1. The maximum atomic E-state index is 13.8. The van der Waals surface area contributed by atoms with E-state index in [0.717, 1.165) is 47.6 Å². The molecule has 1 aliphatic rings. The predicted octanol–water partition coefficient (Wildman–Crippen LogP) is 4.09. The Kier molecular flexibility index (Phi) is 5.74. The number of aryl methyl sites for hydroxylation is 2. The first-order valence-electron chi connectivity index (χ1n) is 10.2. The van der Waals surface area contributed by atoms with E-state index in [2.05, 4.69) is 17.2 Å². The molecular formula is C24H27N3O3. The molecule has 0 unspecified atom stereocenters. The molecule has 1 amide bonds. The van der Waals surface area contributed by atoms with Crippen molar-refractivity contribution < 1.29 is 14.3 Å². The van der Waals surface area contributed by atoms with E-state index in [1.165, 1.54) is 5.56 Å². The number of amides is 1. The second-order valence-corrected chi connectivity index (χ2v) is 7.62. The quantitative estimate of drug-likeness (QED) is 0.620. The number of carbonyl (C=O) groups is 1. The fourth-order valence-electron chi connectivity index (χ4n) is 4.22. The zero-order valence-electron chi connectivity index (χ0n) is 17.7. The van der Waals surface area contributed by atoms with Gasteiger partial charge in [0.25, 0.3) is 0 Å². The van der Waals surface area contributed by atoms with Crippen molar-refractivity contribution in [2.24, 2.45) is 7.05 Å². The lowest BCUT2D eigenvalue weighted by atomic mass is 9.82. The molecule has 0 spiro atoms. The van der Waals surface area contributed by atoms with Gasteiger partial charge in [-0.1, -0.05) is 24.3 Å². The fraction of sp³-hybridized carbons (Fsp3) is 0.333. The third-order valence-electron chi connectivity index (χ3n) is 5.75. The number of hydrogen-bond acceptors (Lipinski definition) is 4. The van der Waals surface area contributed by atoms with Crippen molar-refractivity contribution in [1.29, 1.82) is 0 Å². The minimum atomic E-state index is -0.160. The van der Waals surface area contributed by atoms with Crippen LogP contribution in [0.3, 0.4) is 0 Å². The van der Waals surface area contributed by atoms with Crippen molar-refractivity contribution in [2.75, 3.05) is 19.1 Å². The number of hydrogen-bond donors (Lipinski definition) is 0. The number of anilines is 1. The molecule has 6 heteroatoms. The molecule has 1 aromatic heterocycles. The number of benzene rings is 2. The second kappa shape index (κ2) is 8.61. The number of fused-ring (bicyclic) bond motifs is 1. The molecule has 2 aromatic carbocycles. The molecule has 1 heterocycles. The molecule has 0 fully saturated rings. The first-order valence-corrected chi connectivity index (χ1v) is 10.2. The molecule has 0 bridgehead atoms. The van der Waals surface area contributed by atoms with Gasteiger partial charge in [0.1, 0.15) is 11.5 Å². The van der Waals surface area contributed by atoms with Gasteiger partial charge in [0.15, 0.2) is 0 Å². The lowest BCUT2D eigenvalue weighted by molar-refractivity contribution is -0.120. The van der Waals surface area contributed by atoms with Gasteiger partial charge in [-0.3, -0.25) is 9.48 Å². The van der Waals surface area contributed by atoms with E-state index in [1.807, 2.05) is 48.5 Å². The molecule has 1 aliphatic carbocycles. The molecule has 4 rings (SSSR count). The van der Waals surface area contributed by atoms with E-state index in [4.69, 9.17) is 9.47 Å². The van der Waals surface area contributed by atoms with Crippen molar-refractivity contribution >= 4 is 11.6 Å². The van der Waals surface area contributed by atoms with Crippen molar-refractivity contribution in [1.82, 2.24) is 9.78 Å². The lowest BCUT2D eigenvalue weighted by Crippen LogP contribution is -2.36. The van der Waals surface area contributed by atoms with E-state index in [-0.39, 0.29) is 11.8 Å². The van der Waals surface area contributed by atoms with Crippen molar-refractivity contribution in [2.45, 2.75) is 31.7 Å². The highest BCUT2D eigenvalue weighted by atomic mass is 16.5.